The SMILES string of the molecule is Cc1ccc(OC2CCNCC2)cc1CCN(C=O)CCc1cccc(Br)c1. The molecule has 1 aliphatic heterocycles. The molecule has 0 spiro atoms. The minimum absolute atomic E-state index is 0.300. The van der Waals surface area contributed by atoms with Crippen molar-refractivity contribution in [1.82, 2.24) is 10.2 Å². The highest BCUT2D eigenvalue weighted by molar-refractivity contribution is 9.10. The van der Waals surface area contributed by atoms with Gasteiger partial charge in [-0.15, -0.1) is 0 Å². The molecule has 150 valence electrons. The first-order chi connectivity index (χ1) is 13.6. The Balaban J connectivity index is 1.54. The molecule has 2 aromatic carbocycles. The van der Waals surface area contributed by atoms with Crippen molar-refractivity contribution >= 4 is 22.3 Å². The third-order valence-electron chi connectivity index (χ3n) is 5.30. The van der Waals surface area contributed by atoms with Crippen LogP contribution in [-0.4, -0.2) is 43.6 Å². The van der Waals surface area contributed by atoms with Gasteiger partial charge in [-0.1, -0.05) is 34.1 Å². The van der Waals surface area contributed by atoms with Gasteiger partial charge in [0.2, 0.25) is 6.41 Å². The zero-order chi connectivity index (χ0) is 19.8. The molecule has 0 bridgehead atoms. The second-order valence-electron chi connectivity index (χ2n) is 7.43. The van der Waals surface area contributed by atoms with E-state index in [1.54, 1.807) is 0 Å². The summed E-state index contributed by atoms with van der Waals surface area (Å²) < 4.78 is 7.25. The van der Waals surface area contributed by atoms with Crippen molar-refractivity contribution in [3.8, 4) is 5.75 Å². The minimum atomic E-state index is 0.300. The summed E-state index contributed by atoms with van der Waals surface area (Å²) in [6.07, 6.45) is 5.06. The molecule has 1 fully saturated rings. The standard InChI is InChI=1S/C23H29BrN2O2/c1-18-5-6-23(28-22-7-11-25-12-8-22)16-20(18)10-14-26(17-27)13-9-19-3-2-4-21(24)15-19/h2-6,15-17,22,25H,7-14H2,1H3. The molecule has 3 rings (SSSR count). The number of halogens is 1. The van der Waals surface area contributed by atoms with Gasteiger partial charge in [0.1, 0.15) is 11.9 Å². The number of piperidine rings is 1. The van der Waals surface area contributed by atoms with Crippen LogP contribution in [0.4, 0.5) is 0 Å². The van der Waals surface area contributed by atoms with Gasteiger partial charge in [0.05, 0.1) is 0 Å². The molecular weight excluding hydrogens is 416 g/mol. The van der Waals surface area contributed by atoms with Gasteiger partial charge in [-0.05, 0) is 86.7 Å². The lowest BCUT2D eigenvalue weighted by Crippen LogP contribution is -2.34. The van der Waals surface area contributed by atoms with Gasteiger partial charge in [0, 0.05) is 17.6 Å². The van der Waals surface area contributed by atoms with Crippen LogP contribution in [0.25, 0.3) is 0 Å². The van der Waals surface area contributed by atoms with E-state index < -0.39 is 0 Å². The number of amides is 1. The van der Waals surface area contributed by atoms with Crippen molar-refractivity contribution in [1.29, 1.82) is 0 Å². The largest absolute Gasteiger partial charge is 0.490 e. The summed E-state index contributed by atoms with van der Waals surface area (Å²) in [6, 6.07) is 14.6. The number of carbonyl (C=O) groups is 1. The number of hydrogen-bond acceptors (Lipinski definition) is 3. The molecule has 1 aliphatic rings. The molecule has 0 atom stereocenters. The van der Waals surface area contributed by atoms with Gasteiger partial charge in [-0.2, -0.15) is 0 Å². The first-order valence-electron chi connectivity index (χ1n) is 10.0. The first-order valence-corrected chi connectivity index (χ1v) is 10.8. The predicted octanol–water partition coefficient (Wildman–Crippen LogP) is 4.13. The maximum Gasteiger partial charge on any atom is 0.209 e. The van der Waals surface area contributed by atoms with Gasteiger partial charge in [0.25, 0.3) is 0 Å². The van der Waals surface area contributed by atoms with E-state index in [1.165, 1.54) is 16.7 Å². The van der Waals surface area contributed by atoms with Crippen LogP contribution in [0.2, 0.25) is 0 Å². The number of rotatable bonds is 9. The average molecular weight is 445 g/mol. The van der Waals surface area contributed by atoms with Gasteiger partial charge >= 0.3 is 0 Å². The average Bonchev–Trinajstić information content (AvgIpc) is 2.71. The van der Waals surface area contributed by atoms with Crippen molar-refractivity contribution in [3.05, 3.63) is 63.6 Å². The molecule has 1 amide bonds. The molecule has 5 heteroatoms. The highest BCUT2D eigenvalue weighted by Gasteiger charge is 2.15. The normalized spacial score (nSPS) is 14.6. The van der Waals surface area contributed by atoms with Crippen molar-refractivity contribution in [2.45, 2.75) is 38.7 Å². The van der Waals surface area contributed by atoms with Gasteiger partial charge in [0.15, 0.2) is 0 Å². The van der Waals surface area contributed by atoms with E-state index in [-0.39, 0.29) is 0 Å². The Hall–Kier alpha value is -1.85. The Morgan fingerprint density at radius 2 is 1.93 bits per heavy atom. The van der Waals surface area contributed by atoms with Gasteiger partial charge < -0.3 is 15.0 Å². The van der Waals surface area contributed by atoms with Gasteiger partial charge in [-0.3, -0.25) is 4.79 Å². The highest BCUT2D eigenvalue weighted by Crippen LogP contribution is 2.21. The zero-order valence-electron chi connectivity index (χ0n) is 16.5. The van der Waals surface area contributed by atoms with Crippen LogP contribution in [0.3, 0.4) is 0 Å². The molecule has 1 heterocycles. The van der Waals surface area contributed by atoms with Crippen LogP contribution in [0.5, 0.6) is 5.75 Å². The van der Waals surface area contributed by atoms with E-state index >= 15 is 0 Å². The number of benzene rings is 2. The second kappa shape index (κ2) is 10.6. The summed E-state index contributed by atoms with van der Waals surface area (Å²) in [5.74, 6) is 0.944. The predicted molar refractivity (Wildman–Crippen MR) is 117 cm³/mol. The summed E-state index contributed by atoms with van der Waals surface area (Å²) >= 11 is 3.50. The van der Waals surface area contributed by atoms with E-state index in [2.05, 4.69) is 58.5 Å². The fourth-order valence-corrected chi connectivity index (χ4v) is 3.99. The van der Waals surface area contributed by atoms with E-state index in [4.69, 9.17) is 4.74 Å². The van der Waals surface area contributed by atoms with Crippen molar-refractivity contribution in [3.63, 3.8) is 0 Å². The quantitative estimate of drug-likeness (QED) is 0.591. The van der Waals surface area contributed by atoms with E-state index in [9.17, 15) is 4.79 Å². The smallest absolute Gasteiger partial charge is 0.209 e. The molecule has 1 saturated heterocycles. The maximum atomic E-state index is 11.5. The monoisotopic (exact) mass is 444 g/mol. The maximum absolute atomic E-state index is 11.5. The Bertz CT molecular complexity index is 775. The molecule has 2 aromatic rings. The molecule has 28 heavy (non-hydrogen) atoms. The van der Waals surface area contributed by atoms with E-state index in [0.717, 1.165) is 68.5 Å². The molecule has 4 nitrogen and oxygen atoms in total. The minimum Gasteiger partial charge on any atom is -0.490 e. The number of nitrogens with one attached hydrogen (secondary N) is 1. The van der Waals surface area contributed by atoms with Crippen molar-refractivity contribution in [2.75, 3.05) is 26.2 Å². The molecule has 0 unspecified atom stereocenters. The zero-order valence-corrected chi connectivity index (χ0v) is 18.1. The lowest BCUT2D eigenvalue weighted by Gasteiger charge is -2.24. The number of ether oxygens (including phenoxy) is 1. The topological polar surface area (TPSA) is 41.6 Å². The van der Waals surface area contributed by atoms with Crippen LogP contribution in [0.1, 0.15) is 29.5 Å². The number of carbonyl (C=O) groups excluding carboxylic acids is 1. The van der Waals surface area contributed by atoms with Crippen LogP contribution < -0.4 is 10.1 Å². The Morgan fingerprint density at radius 1 is 1.14 bits per heavy atom. The van der Waals surface area contributed by atoms with Crippen LogP contribution in [0.15, 0.2) is 46.9 Å². The van der Waals surface area contributed by atoms with Crippen molar-refractivity contribution in [2.24, 2.45) is 0 Å². The lowest BCUT2D eigenvalue weighted by atomic mass is 10.0. The molecule has 1 N–H and O–H groups in total. The van der Waals surface area contributed by atoms with Crippen LogP contribution in [0, 0.1) is 6.92 Å². The lowest BCUT2D eigenvalue weighted by molar-refractivity contribution is -0.118. The first kappa shape index (κ1) is 20.9. The summed E-state index contributed by atoms with van der Waals surface area (Å²) in [5.41, 5.74) is 3.73. The summed E-state index contributed by atoms with van der Waals surface area (Å²) in [5, 5.41) is 3.37. The molecule has 0 aromatic heterocycles. The van der Waals surface area contributed by atoms with E-state index in [1.807, 2.05) is 17.0 Å². The highest BCUT2D eigenvalue weighted by atomic mass is 79.9. The Labute approximate surface area is 176 Å². The molecule has 0 aliphatic carbocycles. The fraction of sp³-hybridized carbons (Fsp3) is 0.435. The van der Waals surface area contributed by atoms with Crippen LogP contribution >= 0.6 is 15.9 Å². The number of aryl methyl sites for hydroxylation is 1. The number of nitrogens with zero attached hydrogens (tertiary/aromatic N) is 1. The fourth-order valence-electron chi connectivity index (χ4n) is 3.54. The second-order valence-corrected chi connectivity index (χ2v) is 8.34. The third kappa shape index (κ3) is 6.35. The number of hydrogen-bond donors (Lipinski definition) is 1. The molecular formula is C23H29BrN2O2. The Morgan fingerprint density at radius 3 is 2.68 bits per heavy atom. The molecule has 0 saturated carbocycles. The molecule has 0 radical (unpaired) electrons. The Kier molecular flexibility index (Phi) is 7.92. The van der Waals surface area contributed by atoms with Crippen molar-refractivity contribution < 1.29 is 9.53 Å². The summed E-state index contributed by atoms with van der Waals surface area (Å²) in [6.45, 7) is 5.61. The van der Waals surface area contributed by atoms with Gasteiger partial charge in [-0.25, -0.2) is 0 Å². The summed E-state index contributed by atoms with van der Waals surface area (Å²) in [4.78, 5) is 13.4. The van der Waals surface area contributed by atoms with Crippen LogP contribution in [-0.2, 0) is 17.6 Å². The third-order valence-corrected chi connectivity index (χ3v) is 5.80. The summed E-state index contributed by atoms with van der Waals surface area (Å²) in [7, 11) is 0. The van der Waals surface area contributed by atoms with E-state index in [0.29, 0.717) is 6.10 Å².